The van der Waals surface area contributed by atoms with E-state index in [0.29, 0.717) is 17.3 Å². The van der Waals surface area contributed by atoms with Crippen molar-refractivity contribution >= 4 is 28.6 Å². The number of nitrogens with zero attached hydrogens (tertiary/aromatic N) is 1. The van der Waals surface area contributed by atoms with Gasteiger partial charge in [0.05, 0.1) is 12.8 Å². The summed E-state index contributed by atoms with van der Waals surface area (Å²) in [7, 11) is 0. The van der Waals surface area contributed by atoms with Crippen molar-refractivity contribution in [2.45, 2.75) is 6.54 Å². The molecule has 0 atom stereocenters. The average Bonchev–Trinajstić information content (AvgIpc) is 2.65. The van der Waals surface area contributed by atoms with E-state index in [4.69, 9.17) is 22.8 Å². The van der Waals surface area contributed by atoms with E-state index >= 15 is 0 Å². The van der Waals surface area contributed by atoms with Crippen LogP contribution in [-0.2, 0) is 6.54 Å². The zero-order valence-electron chi connectivity index (χ0n) is 13.6. The van der Waals surface area contributed by atoms with Crippen molar-refractivity contribution in [1.29, 1.82) is 0 Å². The van der Waals surface area contributed by atoms with Crippen molar-refractivity contribution < 1.29 is 4.74 Å². The van der Waals surface area contributed by atoms with Crippen LogP contribution in [0.5, 0.6) is 5.75 Å². The van der Waals surface area contributed by atoms with Crippen LogP contribution in [-0.4, -0.2) is 12.8 Å². The van der Waals surface area contributed by atoms with E-state index in [0.717, 1.165) is 21.9 Å². The molecule has 0 fully saturated rings. The lowest BCUT2D eigenvalue weighted by atomic mass is 10.0. The van der Waals surface area contributed by atoms with Gasteiger partial charge in [-0.1, -0.05) is 66.1 Å². The van der Waals surface area contributed by atoms with Crippen LogP contribution in [0.2, 0.25) is 5.02 Å². The summed E-state index contributed by atoms with van der Waals surface area (Å²) in [4.78, 5) is 0. The predicted molar refractivity (Wildman–Crippen MR) is 104 cm³/mol. The van der Waals surface area contributed by atoms with Crippen LogP contribution in [0.3, 0.4) is 0 Å². The maximum Gasteiger partial charge on any atom is 0.148 e. The van der Waals surface area contributed by atoms with Gasteiger partial charge in [-0.05, 0) is 28.5 Å². The molecule has 25 heavy (non-hydrogen) atoms. The molecule has 0 aliphatic carbocycles. The molecular formula is C21H17ClN2O. The van der Waals surface area contributed by atoms with Crippen molar-refractivity contribution in [3.63, 3.8) is 0 Å². The second-order valence-corrected chi connectivity index (χ2v) is 5.78. The first-order valence-electron chi connectivity index (χ1n) is 7.87. The smallest absolute Gasteiger partial charge is 0.148 e. The first kappa shape index (κ1) is 16.9. The average molecular weight is 349 g/mol. The van der Waals surface area contributed by atoms with Gasteiger partial charge in [0.2, 0.25) is 0 Å². The highest BCUT2D eigenvalue weighted by Crippen LogP contribution is 2.26. The summed E-state index contributed by atoms with van der Waals surface area (Å²) < 4.78 is 5.65. The maximum absolute atomic E-state index is 6.15. The fraction of sp³-hybridized carbons (Fsp3) is 0.0952. The number of ether oxygens (including phenoxy) is 1. The van der Waals surface area contributed by atoms with E-state index in [2.05, 4.69) is 22.5 Å². The van der Waals surface area contributed by atoms with Crippen molar-refractivity contribution in [3.8, 4) is 18.1 Å². The van der Waals surface area contributed by atoms with Gasteiger partial charge in [0.25, 0.3) is 0 Å². The lowest BCUT2D eigenvalue weighted by molar-refractivity contribution is 0.370. The number of hydrogen-bond acceptors (Lipinski definition) is 3. The summed E-state index contributed by atoms with van der Waals surface area (Å²) in [6, 6.07) is 19.7. The Morgan fingerprint density at radius 2 is 1.88 bits per heavy atom. The Balaban J connectivity index is 1.83. The first-order valence-corrected chi connectivity index (χ1v) is 8.24. The minimum absolute atomic E-state index is 0.215. The third-order valence-corrected chi connectivity index (χ3v) is 4.12. The second-order valence-electron chi connectivity index (χ2n) is 5.38. The van der Waals surface area contributed by atoms with Crippen LogP contribution < -0.4 is 10.2 Å². The molecule has 0 spiro atoms. The first-order chi connectivity index (χ1) is 12.3. The molecule has 0 aliphatic heterocycles. The number of hydrazone groups is 1. The lowest BCUT2D eigenvalue weighted by Crippen LogP contribution is -2.06. The molecule has 3 rings (SSSR count). The maximum atomic E-state index is 6.15. The van der Waals surface area contributed by atoms with Gasteiger partial charge in [0, 0.05) is 10.6 Å². The van der Waals surface area contributed by atoms with Crippen molar-refractivity contribution in [2.24, 2.45) is 5.10 Å². The Morgan fingerprint density at radius 1 is 1.08 bits per heavy atom. The summed E-state index contributed by atoms with van der Waals surface area (Å²) in [6.07, 6.45) is 7.06. The van der Waals surface area contributed by atoms with E-state index in [1.54, 1.807) is 6.21 Å². The number of hydrogen-bond donors (Lipinski definition) is 1. The molecule has 0 aliphatic rings. The summed E-state index contributed by atoms with van der Waals surface area (Å²) >= 11 is 6.15. The molecule has 0 amide bonds. The monoisotopic (exact) mass is 348 g/mol. The SMILES string of the molecule is C#CCOc1ccc2ccccc2c1/C=N\NCc1ccccc1Cl. The van der Waals surface area contributed by atoms with E-state index in [9.17, 15) is 0 Å². The quantitative estimate of drug-likeness (QED) is 0.400. The van der Waals surface area contributed by atoms with Crippen LogP contribution in [0.25, 0.3) is 10.8 Å². The Hall–Kier alpha value is -2.96. The van der Waals surface area contributed by atoms with Gasteiger partial charge in [0.15, 0.2) is 0 Å². The molecule has 0 heterocycles. The molecule has 0 saturated carbocycles. The van der Waals surface area contributed by atoms with Gasteiger partial charge in [-0.2, -0.15) is 5.10 Å². The molecule has 0 saturated heterocycles. The summed E-state index contributed by atoms with van der Waals surface area (Å²) in [5.41, 5.74) is 4.91. The number of halogens is 1. The van der Waals surface area contributed by atoms with Crippen LogP contribution in [0.4, 0.5) is 0 Å². The fourth-order valence-corrected chi connectivity index (χ4v) is 2.74. The van der Waals surface area contributed by atoms with Gasteiger partial charge >= 0.3 is 0 Å². The predicted octanol–water partition coefficient (Wildman–Crippen LogP) is 4.63. The molecule has 0 unspecified atom stereocenters. The van der Waals surface area contributed by atoms with Gasteiger partial charge in [-0.25, -0.2) is 0 Å². The van der Waals surface area contributed by atoms with E-state index in [1.807, 2.05) is 54.6 Å². The van der Waals surface area contributed by atoms with Crippen molar-refractivity contribution in [1.82, 2.24) is 5.43 Å². The Bertz CT molecular complexity index is 944. The molecule has 0 bridgehead atoms. The molecular weight excluding hydrogens is 332 g/mol. The molecule has 3 aromatic carbocycles. The highest BCUT2D eigenvalue weighted by atomic mass is 35.5. The Kier molecular flexibility index (Phi) is 5.56. The molecule has 0 aromatic heterocycles. The highest BCUT2D eigenvalue weighted by molar-refractivity contribution is 6.31. The number of benzene rings is 3. The molecule has 1 N–H and O–H groups in total. The van der Waals surface area contributed by atoms with Crippen LogP contribution in [0, 0.1) is 12.3 Å². The zero-order chi connectivity index (χ0) is 17.5. The van der Waals surface area contributed by atoms with Crippen molar-refractivity contribution in [2.75, 3.05) is 6.61 Å². The summed E-state index contributed by atoms with van der Waals surface area (Å²) in [6.45, 7) is 0.758. The Labute approximate surface area is 152 Å². The van der Waals surface area contributed by atoms with Crippen molar-refractivity contribution in [3.05, 3.63) is 76.8 Å². The lowest BCUT2D eigenvalue weighted by Gasteiger charge is -2.10. The number of terminal acetylenes is 1. The van der Waals surface area contributed by atoms with Crippen LogP contribution in [0.1, 0.15) is 11.1 Å². The van der Waals surface area contributed by atoms with Gasteiger partial charge in [-0.15, -0.1) is 6.42 Å². The third-order valence-electron chi connectivity index (χ3n) is 3.75. The molecule has 3 aromatic rings. The fourth-order valence-electron chi connectivity index (χ4n) is 2.54. The summed E-state index contributed by atoms with van der Waals surface area (Å²) in [5.74, 6) is 3.20. The largest absolute Gasteiger partial charge is 0.480 e. The highest BCUT2D eigenvalue weighted by Gasteiger charge is 2.06. The standard InChI is InChI=1S/C21H17ClN2O/c1-2-13-25-21-12-11-16-7-3-5-9-18(16)19(21)15-24-23-14-17-8-4-6-10-20(17)22/h1,3-12,15,23H,13-14H2/b24-15-. The number of fused-ring (bicyclic) bond motifs is 1. The molecule has 0 radical (unpaired) electrons. The molecule has 3 nitrogen and oxygen atoms in total. The second kappa shape index (κ2) is 8.23. The molecule has 124 valence electrons. The van der Waals surface area contributed by atoms with E-state index in [-0.39, 0.29) is 6.61 Å². The van der Waals surface area contributed by atoms with Gasteiger partial charge in [0.1, 0.15) is 12.4 Å². The minimum atomic E-state index is 0.215. The number of rotatable bonds is 6. The minimum Gasteiger partial charge on any atom is -0.480 e. The van der Waals surface area contributed by atoms with Gasteiger partial charge in [-0.3, -0.25) is 0 Å². The summed E-state index contributed by atoms with van der Waals surface area (Å²) in [5, 5.41) is 7.22. The van der Waals surface area contributed by atoms with Crippen LogP contribution in [0.15, 0.2) is 65.8 Å². The van der Waals surface area contributed by atoms with Gasteiger partial charge < -0.3 is 10.2 Å². The Morgan fingerprint density at radius 3 is 2.72 bits per heavy atom. The van der Waals surface area contributed by atoms with E-state index in [1.165, 1.54) is 0 Å². The van der Waals surface area contributed by atoms with E-state index < -0.39 is 0 Å². The third kappa shape index (κ3) is 4.12. The number of nitrogens with one attached hydrogen (secondary N) is 1. The topological polar surface area (TPSA) is 33.6 Å². The molecule has 4 heteroatoms. The normalized spacial score (nSPS) is 10.7. The van der Waals surface area contributed by atoms with Crippen LogP contribution >= 0.6 is 11.6 Å². The zero-order valence-corrected chi connectivity index (χ0v) is 14.3.